The molecule has 6 nitrogen and oxygen atoms in total. The number of benzene rings is 3. The van der Waals surface area contributed by atoms with Crippen LogP contribution in [0, 0.1) is 5.82 Å². The van der Waals surface area contributed by atoms with Crippen LogP contribution in [-0.4, -0.2) is 32.1 Å². The standard InChI is InChI=1S/C25H23F4N3O3S/c1-32(12-4-9-23-22-11-10-19(26)15-24(22)35-30-23)16-17-5-2-7-20(13-17)31-36(33,34)21-8-3-6-18(14-21)25(27,28)29/h2-3,5-8,10-11,13-15,31H,4,9,12,16H2,1H3. The predicted molar refractivity (Wildman–Crippen MR) is 127 cm³/mol. The second-order valence-corrected chi connectivity index (χ2v) is 10.1. The predicted octanol–water partition coefficient (Wildman–Crippen LogP) is 5.85. The number of nitrogens with zero attached hydrogens (tertiary/aromatic N) is 2. The minimum absolute atomic E-state index is 0.250. The largest absolute Gasteiger partial charge is 0.416 e. The highest BCUT2D eigenvalue weighted by molar-refractivity contribution is 7.92. The highest BCUT2D eigenvalue weighted by atomic mass is 32.2. The van der Waals surface area contributed by atoms with Crippen molar-refractivity contribution in [3.63, 3.8) is 0 Å². The van der Waals surface area contributed by atoms with Gasteiger partial charge in [0.2, 0.25) is 0 Å². The lowest BCUT2D eigenvalue weighted by molar-refractivity contribution is -0.137. The molecular formula is C25H23F4N3O3S. The molecule has 0 unspecified atom stereocenters. The Morgan fingerprint density at radius 3 is 2.58 bits per heavy atom. The number of sulfonamides is 1. The van der Waals surface area contributed by atoms with E-state index in [0.29, 0.717) is 31.2 Å². The van der Waals surface area contributed by atoms with Crippen molar-refractivity contribution in [2.75, 3.05) is 18.3 Å². The summed E-state index contributed by atoms with van der Waals surface area (Å²) in [4.78, 5) is 1.57. The summed E-state index contributed by atoms with van der Waals surface area (Å²) in [6.45, 7) is 1.22. The zero-order valence-electron chi connectivity index (χ0n) is 19.2. The molecule has 36 heavy (non-hydrogen) atoms. The van der Waals surface area contributed by atoms with Crippen LogP contribution < -0.4 is 4.72 Å². The molecule has 1 heterocycles. The van der Waals surface area contributed by atoms with Crippen molar-refractivity contribution in [1.82, 2.24) is 10.1 Å². The number of aromatic nitrogens is 1. The van der Waals surface area contributed by atoms with Crippen molar-refractivity contribution >= 4 is 26.7 Å². The number of aryl methyl sites for hydroxylation is 1. The van der Waals surface area contributed by atoms with E-state index in [9.17, 15) is 26.0 Å². The maximum absolute atomic E-state index is 13.3. The second-order valence-electron chi connectivity index (χ2n) is 8.44. The molecule has 3 aromatic carbocycles. The number of hydrogen-bond donors (Lipinski definition) is 1. The molecule has 0 bridgehead atoms. The topological polar surface area (TPSA) is 75.4 Å². The molecule has 11 heteroatoms. The summed E-state index contributed by atoms with van der Waals surface area (Å²) in [7, 11) is -2.29. The fourth-order valence-electron chi connectivity index (χ4n) is 3.84. The van der Waals surface area contributed by atoms with Crippen LogP contribution in [-0.2, 0) is 29.2 Å². The Balaban J connectivity index is 1.36. The Morgan fingerprint density at radius 2 is 1.81 bits per heavy atom. The molecule has 0 atom stereocenters. The molecule has 0 aliphatic carbocycles. The van der Waals surface area contributed by atoms with Crippen molar-refractivity contribution < 1.29 is 30.5 Å². The summed E-state index contributed by atoms with van der Waals surface area (Å²) < 4.78 is 85.0. The summed E-state index contributed by atoms with van der Waals surface area (Å²) in [5.41, 5.74) is 1.20. The Kier molecular flexibility index (Phi) is 7.32. The van der Waals surface area contributed by atoms with Gasteiger partial charge in [0, 0.05) is 23.7 Å². The van der Waals surface area contributed by atoms with Crippen molar-refractivity contribution in [3.05, 3.63) is 89.4 Å². The van der Waals surface area contributed by atoms with Crippen molar-refractivity contribution in [1.29, 1.82) is 0 Å². The average Bonchev–Trinajstić information content (AvgIpc) is 3.20. The Hall–Kier alpha value is -3.44. The van der Waals surface area contributed by atoms with Crippen LogP contribution in [0.3, 0.4) is 0 Å². The van der Waals surface area contributed by atoms with Gasteiger partial charge in [-0.3, -0.25) is 4.72 Å². The molecule has 0 aliphatic heterocycles. The van der Waals surface area contributed by atoms with E-state index in [1.807, 2.05) is 18.0 Å². The molecule has 0 saturated carbocycles. The van der Waals surface area contributed by atoms with E-state index in [0.717, 1.165) is 41.3 Å². The average molecular weight is 522 g/mol. The van der Waals surface area contributed by atoms with Gasteiger partial charge in [0.05, 0.1) is 16.2 Å². The van der Waals surface area contributed by atoms with Gasteiger partial charge in [0.15, 0.2) is 5.58 Å². The SMILES string of the molecule is CN(CCCc1noc2cc(F)ccc12)Cc1cccc(NS(=O)(=O)c2cccc(C(F)(F)F)c2)c1. The van der Waals surface area contributed by atoms with E-state index in [2.05, 4.69) is 9.88 Å². The lowest BCUT2D eigenvalue weighted by Crippen LogP contribution is -2.20. The third-order valence-electron chi connectivity index (χ3n) is 5.57. The maximum atomic E-state index is 13.3. The van der Waals surface area contributed by atoms with Crippen molar-refractivity contribution in [3.8, 4) is 0 Å². The molecule has 4 aromatic rings. The number of rotatable bonds is 9. The molecule has 190 valence electrons. The summed E-state index contributed by atoms with van der Waals surface area (Å²) in [6.07, 6.45) is -3.24. The van der Waals surface area contributed by atoms with Crippen LogP contribution in [0.25, 0.3) is 11.0 Å². The summed E-state index contributed by atoms with van der Waals surface area (Å²) in [6, 6.07) is 14.6. The van der Waals surface area contributed by atoms with Gasteiger partial charge in [-0.25, -0.2) is 12.8 Å². The molecule has 0 amide bonds. The first kappa shape index (κ1) is 25.6. The second kappa shape index (κ2) is 10.3. The fraction of sp³-hybridized carbons (Fsp3) is 0.240. The van der Waals surface area contributed by atoms with Gasteiger partial charge in [-0.2, -0.15) is 13.2 Å². The number of nitrogens with one attached hydrogen (secondary N) is 1. The number of fused-ring (bicyclic) bond motifs is 1. The Labute approximate surface area is 205 Å². The molecule has 0 saturated heterocycles. The van der Waals surface area contributed by atoms with Gasteiger partial charge in [-0.15, -0.1) is 0 Å². The number of anilines is 1. The minimum Gasteiger partial charge on any atom is -0.356 e. The van der Waals surface area contributed by atoms with Gasteiger partial charge >= 0.3 is 6.18 Å². The molecule has 1 aromatic heterocycles. The van der Waals surface area contributed by atoms with Crippen LogP contribution in [0.5, 0.6) is 0 Å². The van der Waals surface area contributed by atoms with E-state index in [1.165, 1.54) is 18.2 Å². The summed E-state index contributed by atoms with van der Waals surface area (Å²) in [5, 5.41) is 4.80. The highest BCUT2D eigenvalue weighted by Gasteiger charge is 2.31. The lowest BCUT2D eigenvalue weighted by atomic mass is 10.1. The minimum atomic E-state index is -4.64. The van der Waals surface area contributed by atoms with E-state index in [1.54, 1.807) is 18.2 Å². The molecule has 0 fully saturated rings. The molecule has 1 N–H and O–H groups in total. The Morgan fingerprint density at radius 1 is 1.03 bits per heavy atom. The van der Waals surface area contributed by atoms with Gasteiger partial charge < -0.3 is 9.42 Å². The van der Waals surface area contributed by atoms with Gasteiger partial charge in [0.1, 0.15) is 5.82 Å². The maximum Gasteiger partial charge on any atom is 0.416 e. The number of halogens is 4. The third-order valence-corrected chi connectivity index (χ3v) is 6.94. The first-order valence-corrected chi connectivity index (χ1v) is 12.5. The van der Waals surface area contributed by atoms with Crippen LogP contribution >= 0.6 is 0 Å². The van der Waals surface area contributed by atoms with E-state index in [4.69, 9.17) is 4.52 Å². The van der Waals surface area contributed by atoms with Gasteiger partial charge in [0.25, 0.3) is 10.0 Å². The lowest BCUT2D eigenvalue weighted by Gasteiger charge is -2.17. The van der Waals surface area contributed by atoms with Crippen LogP contribution in [0.4, 0.5) is 23.2 Å². The quantitative estimate of drug-likeness (QED) is 0.280. The Bertz CT molecular complexity index is 1470. The zero-order valence-corrected chi connectivity index (χ0v) is 20.0. The molecule has 0 spiro atoms. The van der Waals surface area contributed by atoms with E-state index in [-0.39, 0.29) is 11.5 Å². The molecule has 0 aliphatic rings. The molecule has 4 rings (SSSR count). The summed E-state index contributed by atoms with van der Waals surface area (Å²) >= 11 is 0. The van der Waals surface area contributed by atoms with E-state index < -0.39 is 26.7 Å². The monoisotopic (exact) mass is 521 g/mol. The normalized spacial score (nSPS) is 12.4. The fourth-order valence-corrected chi connectivity index (χ4v) is 4.93. The molecular weight excluding hydrogens is 498 g/mol. The van der Waals surface area contributed by atoms with Gasteiger partial charge in [-0.1, -0.05) is 23.4 Å². The smallest absolute Gasteiger partial charge is 0.356 e. The van der Waals surface area contributed by atoms with Crippen LogP contribution in [0.2, 0.25) is 0 Å². The number of alkyl halides is 3. The number of hydrogen-bond acceptors (Lipinski definition) is 5. The van der Waals surface area contributed by atoms with Crippen molar-refractivity contribution in [2.45, 2.75) is 30.5 Å². The van der Waals surface area contributed by atoms with Gasteiger partial charge in [-0.05, 0) is 74.5 Å². The highest BCUT2D eigenvalue weighted by Crippen LogP contribution is 2.31. The summed E-state index contributed by atoms with van der Waals surface area (Å²) in [5.74, 6) is -0.385. The van der Waals surface area contributed by atoms with Crippen molar-refractivity contribution in [2.24, 2.45) is 0 Å². The third kappa shape index (κ3) is 6.21. The van der Waals surface area contributed by atoms with E-state index >= 15 is 0 Å². The zero-order chi connectivity index (χ0) is 25.9. The first-order chi connectivity index (χ1) is 17.0. The van der Waals surface area contributed by atoms with Crippen LogP contribution in [0.1, 0.15) is 23.2 Å². The van der Waals surface area contributed by atoms with Crippen LogP contribution in [0.15, 0.2) is 76.1 Å². The first-order valence-electron chi connectivity index (χ1n) is 11.0. The molecule has 0 radical (unpaired) electrons.